The van der Waals surface area contributed by atoms with Crippen molar-refractivity contribution >= 4 is 75.9 Å². The van der Waals surface area contributed by atoms with Gasteiger partial charge in [0.05, 0.1) is 35.8 Å². The standard InChI is InChI=1S/C18H7Cl6NO/c19-12-5-3-9(14(21)16(12)23)10-2-1-8(7-26)25-18(10)11-4-6-13(20)17(24)15(11)22/h1-7H. The summed E-state index contributed by atoms with van der Waals surface area (Å²) < 4.78 is 0. The van der Waals surface area contributed by atoms with E-state index in [-0.39, 0.29) is 25.8 Å². The number of carbonyl (C=O) groups excluding carboxylic acids is 1. The van der Waals surface area contributed by atoms with Crippen LogP contribution in [-0.2, 0) is 0 Å². The Morgan fingerprint density at radius 3 is 1.69 bits per heavy atom. The molecule has 0 amide bonds. The van der Waals surface area contributed by atoms with Crippen molar-refractivity contribution in [2.75, 3.05) is 0 Å². The molecule has 0 aliphatic heterocycles. The van der Waals surface area contributed by atoms with E-state index in [1.165, 1.54) is 0 Å². The number of nitrogens with zero attached hydrogens (tertiary/aromatic N) is 1. The number of halogens is 6. The fraction of sp³-hybridized carbons (Fsp3) is 0. The Balaban J connectivity index is 2.35. The summed E-state index contributed by atoms with van der Waals surface area (Å²) in [7, 11) is 0. The highest BCUT2D eigenvalue weighted by atomic mass is 35.5. The molecule has 1 aromatic heterocycles. The molecule has 0 spiro atoms. The van der Waals surface area contributed by atoms with Gasteiger partial charge in [0.25, 0.3) is 0 Å². The van der Waals surface area contributed by atoms with Crippen LogP contribution in [0.3, 0.4) is 0 Å². The fourth-order valence-electron chi connectivity index (χ4n) is 2.41. The summed E-state index contributed by atoms with van der Waals surface area (Å²) in [6, 6.07) is 9.87. The van der Waals surface area contributed by atoms with E-state index in [1.807, 2.05) is 0 Å². The van der Waals surface area contributed by atoms with Crippen LogP contribution in [0.4, 0.5) is 0 Å². The van der Waals surface area contributed by atoms with Crippen molar-refractivity contribution < 1.29 is 4.79 Å². The lowest BCUT2D eigenvalue weighted by molar-refractivity contribution is 0.111. The SMILES string of the molecule is O=Cc1ccc(-c2ccc(Cl)c(Cl)c2Cl)c(-c2ccc(Cl)c(Cl)c2Cl)n1. The molecule has 0 N–H and O–H groups in total. The number of aromatic nitrogens is 1. The molecule has 0 fully saturated rings. The fourth-order valence-corrected chi connectivity index (χ4v) is 3.67. The molecule has 0 radical (unpaired) electrons. The first kappa shape index (κ1) is 19.8. The molecule has 132 valence electrons. The molecule has 3 aromatic rings. The Hall–Kier alpha value is -1.000. The van der Waals surface area contributed by atoms with E-state index >= 15 is 0 Å². The summed E-state index contributed by atoms with van der Waals surface area (Å²) in [6.45, 7) is 0. The molecule has 0 atom stereocenters. The van der Waals surface area contributed by atoms with Crippen molar-refractivity contribution in [3.8, 4) is 22.4 Å². The van der Waals surface area contributed by atoms with Gasteiger partial charge in [-0.05, 0) is 30.3 Å². The lowest BCUT2D eigenvalue weighted by atomic mass is 9.98. The molecule has 1 heterocycles. The number of benzene rings is 2. The monoisotopic (exact) mass is 463 g/mol. The van der Waals surface area contributed by atoms with Crippen LogP contribution in [0.2, 0.25) is 30.1 Å². The molecule has 0 unspecified atom stereocenters. The number of rotatable bonds is 3. The lowest BCUT2D eigenvalue weighted by Crippen LogP contribution is -1.96. The van der Waals surface area contributed by atoms with E-state index in [2.05, 4.69) is 4.98 Å². The minimum absolute atomic E-state index is 0.190. The van der Waals surface area contributed by atoms with Crippen LogP contribution >= 0.6 is 69.6 Å². The Labute approximate surface area is 179 Å². The third kappa shape index (κ3) is 3.55. The van der Waals surface area contributed by atoms with Crippen molar-refractivity contribution in [2.24, 2.45) is 0 Å². The summed E-state index contributed by atoms with van der Waals surface area (Å²) in [5, 5.41) is 1.52. The van der Waals surface area contributed by atoms with Crippen LogP contribution in [0.15, 0.2) is 36.4 Å². The molecule has 0 saturated heterocycles. The second-order valence-electron chi connectivity index (χ2n) is 5.20. The number of hydrogen-bond acceptors (Lipinski definition) is 2. The maximum absolute atomic E-state index is 11.2. The minimum Gasteiger partial charge on any atom is -0.296 e. The van der Waals surface area contributed by atoms with E-state index in [0.29, 0.717) is 38.7 Å². The van der Waals surface area contributed by atoms with Gasteiger partial charge >= 0.3 is 0 Å². The normalized spacial score (nSPS) is 10.8. The van der Waals surface area contributed by atoms with Gasteiger partial charge < -0.3 is 0 Å². The highest BCUT2D eigenvalue weighted by Gasteiger charge is 2.19. The maximum Gasteiger partial charge on any atom is 0.168 e. The largest absolute Gasteiger partial charge is 0.296 e. The maximum atomic E-state index is 11.2. The van der Waals surface area contributed by atoms with Gasteiger partial charge in [-0.25, -0.2) is 4.98 Å². The summed E-state index contributed by atoms with van der Waals surface area (Å²) in [4.78, 5) is 15.6. The third-order valence-electron chi connectivity index (χ3n) is 3.65. The van der Waals surface area contributed by atoms with E-state index in [9.17, 15) is 4.79 Å². The van der Waals surface area contributed by atoms with Crippen LogP contribution in [0, 0.1) is 0 Å². The van der Waals surface area contributed by atoms with Crippen LogP contribution in [-0.4, -0.2) is 11.3 Å². The number of carbonyl (C=O) groups is 1. The van der Waals surface area contributed by atoms with Gasteiger partial charge in [-0.2, -0.15) is 0 Å². The average molecular weight is 466 g/mol. The van der Waals surface area contributed by atoms with Gasteiger partial charge in [0.1, 0.15) is 5.69 Å². The van der Waals surface area contributed by atoms with Crippen LogP contribution in [0.5, 0.6) is 0 Å². The summed E-state index contributed by atoms with van der Waals surface area (Å²) in [5.74, 6) is 0. The third-order valence-corrected chi connectivity index (χ3v) is 6.24. The van der Waals surface area contributed by atoms with Crippen molar-refractivity contribution in [1.82, 2.24) is 4.98 Å². The van der Waals surface area contributed by atoms with Crippen molar-refractivity contribution in [1.29, 1.82) is 0 Å². The van der Waals surface area contributed by atoms with Crippen LogP contribution < -0.4 is 0 Å². The Morgan fingerprint density at radius 1 is 0.615 bits per heavy atom. The van der Waals surface area contributed by atoms with Crippen molar-refractivity contribution in [2.45, 2.75) is 0 Å². The molecule has 8 heteroatoms. The molecule has 3 rings (SSSR count). The quantitative estimate of drug-likeness (QED) is 0.288. The second-order valence-corrected chi connectivity index (χ2v) is 7.52. The Bertz CT molecular complexity index is 1030. The lowest BCUT2D eigenvalue weighted by Gasteiger charge is -2.14. The van der Waals surface area contributed by atoms with Gasteiger partial charge in [-0.15, -0.1) is 0 Å². The minimum atomic E-state index is 0.190. The van der Waals surface area contributed by atoms with E-state index < -0.39 is 0 Å². The topological polar surface area (TPSA) is 30.0 Å². The van der Waals surface area contributed by atoms with Gasteiger partial charge in [0.2, 0.25) is 0 Å². The average Bonchev–Trinajstić information content (AvgIpc) is 2.64. The molecule has 0 saturated carbocycles. The zero-order chi connectivity index (χ0) is 19.0. The van der Waals surface area contributed by atoms with Crippen molar-refractivity contribution in [3.63, 3.8) is 0 Å². The number of hydrogen-bond donors (Lipinski definition) is 0. The highest BCUT2D eigenvalue weighted by Crippen LogP contribution is 2.44. The van der Waals surface area contributed by atoms with Gasteiger partial charge in [-0.1, -0.05) is 75.7 Å². The predicted molar refractivity (Wildman–Crippen MR) is 111 cm³/mol. The predicted octanol–water partition coefficient (Wildman–Crippen LogP) is 8.15. The first-order valence-corrected chi connectivity index (χ1v) is 9.36. The molecule has 0 aliphatic rings. The molecule has 0 aliphatic carbocycles. The first-order chi connectivity index (χ1) is 12.3. The summed E-state index contributed by atoms with van der Waals surface area (Å²) in [5.41, 5.74) is 2.34. The molecular formula is C18H7Cl6NO. The van der Waals surface area contributed by atoms with E-state index in [4.69, 9.17) is 69.6 Å². The van der Waals surface area contributed by atoms with E-state index in [0.717, 1.165) is 0 Å². The number of aldehydes is 1. The smallest absolute Gasteiger partial charge is 0.168 e. The van der Waals surface area contributed by atoms with Gasteiger partial charge in [0.15, 0.2) is 6.29 Å². The molecular weight excluding hydrogens is 459 g/mol. The molecule has 2 aromatic carbocycles. The molecule has 26 heavy (non-hydrogen) atoms. The van der Waals surface area contributed by atoms with Crippen LogP contribution in [0.1, 0.15) is 10.5 Å². The zero-order valence-electron chi connectivity index (χ0n) is 12.7. The van der Waals surface area contributed by atoms with Gasteiger partial charge in [0, 0.05) is 16.7 Å². The van der Waals surface area contributed by atoms with Gasteiger partial charge in [-0.3, -0.25) is 4.79 Å². The number of pyridine rings is 1. The summed E-state index contributed by atoms with van der Waals surface area (Å²) >= 11 is 37.1. The second kappa shape index (κ2) is 7.93. The zero-order valence-corrected chi connectivity index (χ0v) is 17.2. The Morgan fingerprint density at radius 2 is 1.12 bits per heavy atom. The molecule has 2 nitrogen and oxygen atoms in total. The Kier molecular flexibility index (Phi) is 6.03. The van der Waals surface area contributed by atoms with Crippen molar-refractivity contribution in [3.05, 3.63) is 72.2 Å². The summed E-state index contributed by atoms with van der Waals surface area (Å²) in [6.07, 6.45) is 0.634. The highest BCUT2D eigenvalue weighted by molar-refractivity contribution is 6.50. The van der Waals surface area contributed by atoms with E-state index in [1.54, 1.807) is 36.4 Å². The first-order valence-electron chi connectivity index (χ1n) is 7.09. The van der Waals surface area contributed by atoms with Crippen LogP contribution in [0.25, 0.3) is 22.4 Å². The molecule has 0 bridgehead atoms.